The minimum atomic E-state index is -0.394. The summed E-state index contributed by atoms with van der Waals surface area (Å²) in [7, 11) is 1.72. The molecule has 0 unspecified atom stereocenters. The highest BCUT2D eigenvalue weighted by atomic mass is 32.2. The number of halogens is 1. The number of para-hydroxylation sites is 1. The van der Waals surface area contributed by atoms with Gasteiger partial charge in [-0.15, -0.1) is 10.2 Å². The van der Waals surface area contributed by atoms with Crippen LogP contribution in [0.4, 0.5) is 10.1 Å². The zero-order valence-corrected chi connectivity index (χ0v) is 20.1. The van der Waals surface area contributed by atoms with Crippen molar-refractivity contribution in [2.75, 3.05) is 11.1 Å². The first-order chi connectivity index (χ1) is 16.9. The monoisotopic (exact) mass is 489 g/mol. The number of carbonyl (C=O) groups excluding carboxylic acids is 2. The predicted octanol–water partition coefficient (Wildman–Crippen LogP) is 4.59. The van der Waals surface area contributed by atoms with E-state index in [0.717, 1.165) is 11.1 Å². The summed E-state index contributed by atoms with van der Waals surface area (Å²) in [5.74, 6) is -0.555. The molecule has 4 rings (SSSR count). The Balaban J connectivity index is 1.37. The van der Waals surface area contributed by atoms with E-state index in [1.165, 1.54) is 17.8 Å². The summed E-state index contributed by atoms with van der Waals surface area (Å²) in [5, 5.41) is 14.3. The van der Waals surface area contributed by atoms with Crippen LogP contribution in [0.1, 0.15) is 21.5 Å². The van der Waals surface area contributed by atoms with E-state index >= 15 is 0 Å². The van der Waals surface area contributed by atoms with E-state index in [1.54, 1.807) is 54.1 Å². The highest BCUT2D eigenvalue weighted by Gasteiger charge is 2.17. The van der Waals surface area contributed by atoms with Crippen LogP contribution in [0.15, 0.2) is 78.0 Å². The van der Waals surface area contributed by atoms with Gasteiger partial charge in [-0.05, 0) is 36.8 Å². The van der Waals surface area contributed by atoms with Crippen LogP contribution in [0.2, 0.25) is 0 Å². The molecule has 35 heavy (non-hydrogen) atoms. The Morgan fingerprint density at radius 1 is 0.971 bits per heavy atom. The average Bonchev–Trinajstić information content (AvgIpc) is 3.22. The first kappa shape index (κ1) is 24.2. The quantitative estimate of drug-likeness (QED) is 0.354. The smallest absolute Gasteiger partial charge is 0.253 e. The fraction of sp³-hybridized carbons (Fsp3) is 0.154. The number of amides is 2. The Morgan fingerprint density at radius 3 is 2.46 bits per heavy atom. The van der Waals surface area contributed by atoms with E-state index < -0.39 is 5.82 Å². The highest BCUT2D eigenvalue weighted by molar-refractivity contribution is 7.99. The number of aryl methyl sites for hydroxylation is 1. The Bertz CT molecular complexity index is 1350. The summed E-state index contributed by atoms with van der Waals surface area (Å²) in [6.45, 7) is 2.39. The molecule has 0 bridgehead atoms. The van der Waals surface area contributed by atoms with Crippen LogP contribution in [0.3, 0.4) is 0 Å². The molecule has 1 aromatic heterocycles. The van der Waals surface area contributed by atoms with E-state index in [9.17, 15) is 14.0 Å². The van der Waals surface area contributed by atoms with Gasteiger partial charge >= 0.3 is 0 Å². The number of hydrogen-bond donors (Lipinski definition) is 2. The van der Waals surface area contributed by atoms with Crippen molar-refractivity contribution in [3.63, 3.8) is 0 Å². The van der Waals surface area contributed by atoms with Gasteiger partial charge in [0.2, 0.25) is 5.91 Å². The molecular weight excluding hydrogens is 465 g/mol. The summed E-state index contributed by atoms with van der Waals surface area (Å²) in [4.78, 5) is 25.4. The normalized spacial score (nSPS) is 10.7. The summed E-state index contributed by atoms with van der Waals surface area (Å²) >= 11 is 1.17. The Kier molecular flexibility index (Phi) is 7.57. The van der Waals surface area contributed by atoms with Crippen LogP contribution in [0.5, 0.6) is 0 Å². The zero-order valence-electron chi connectivity index (χ0n) is 19.3. The van der Waals surface area contributed by atoms with Gasteiger partial charge in [0.25, 0.3) is 5.91 Å². The van der Waals surface area contributed by atoms with Gasteiger partial charge in [0, 0.05) is 13.6 Å². The lowest BCUT2D eigenvalue weighted by Crippen LogP contribution is -2.25. The molecule has 4 aromatic rings. The number of nitrogens with zero attached hydrogens (tertiary/aromatic N) is 3. The lowest BCUT2D eigenvalue weighted by molar-refractivity contribution is -0.113. The summed E-state index contributed by atoms with van der Waals surface area (Å²) in [6.07, 6.45) is 0. The third-order valence-electron chi connectivity index (χ3n) is 5.30. The third-order valence-corrected chi connectivity index (χ3v) is 6.32. The summed E-state index contributed by atoms with van der Waals surface area (Å²) < 4.78 is 15.7. The molecule has 7 nitrogen and oxygen atoms in total. The van der Waals surface area contributed by atoms with Crippen LogP contribution in [-0.4, -0.2) is 32.3 Å². The first-order valence-electron chi connectivity index (χ1n) is 10.9. The molecule has 9 heteroatoms. The predicted molar refractivity (Wildman–Crippen MR) is 135 cm³/mol. The SMILES string of the molecule is Cc1ccc(CNC(=O)c2ccccc2NC(=O)CSc2nnc(-c3ccccc3F)n2C)cc1. The largest absolute Gasteiger partial charge is 0.348 e. The number of nitrogens with one attached hydrogen (secondary N) is 2. The molecule has 0 radical (unpaired) electrons. The van der Waals surface area contributed by atoms with Crippen molar-refractivity contribution in [3.8, 4) is 11.4 Å². The van der Waals surface area contributed by atoms with Crippen molar-refractivity contribution in [2.45, 2.75) is 18.6 Å². The lowest BCUT2D eigenvalue weighted by atomic mass is 10.1. The van der Waals surface area contributed by atoms with Crippen molar-refractivity contribution in [3.05, 3.63) is 95.3 Å². The van der Waals surface area contributed by atoms with Gasteiger partial charge in [0.1, 0.15) is 5.82 Å². The van der Waals surface area contributed by atoms with Crippen molar-refractivity contribution in [2.24, 2.45) is 7.05 Å². The maximum absolute atomic E-state index is 14.1. The molecule has 0 atom stereocenters. The van der Waals surface area contributed by atoms with E-state index in [0.29, 0.717) is 34.3 Å². The van der Waals surface area contributed by atoms with Gasteiger partial charge in [-0.3, -0.25) is 9.59 Å². The van der Waals surface area contributed by atoms with Gasteiger partial charge < -0.3 is 15.2 Å². The molecule has 0 aliphatic rings. The highest BCUT2D eigenvalue weighted by Crippen LogP contribution is 2.25. The van der Waals surface area contributed by atoms with Crippen molar-refractivity contribution in [1.82, 2.24) is 20.1 Å². The van der Waals surface area contributed by atoms with Gasteiger partial charge in [0.05, 0.1) is 22.6 Å². The molecular formula is C26H24FN5O2S. The van der Waals surface area contributed by atoms with Crippen LogP contribution < -0.4 is 10.6 Å². The molecule has 1 heterocycles. The molecule has 3 aromatic carbocycles. The number of carbonyl (C=O) groups is 2. The third kappa shape index (κ3) is 5.93. The molecule has 2 N–H and O–H groups in total. The zero-order chi connectivity index (χ0) is 24.8. The Labute approximate surface area is 206 Å². The van der Waals surface area contributed by atoms with Crippen LogP contribution in [0, 0.1) is 12.7 Å². The number of aromatic nitrogens is 3. The van der Waals surface area contributed by atoms with E-state index in [1.807, 2.05) is 31.2 Å². The number of thioether (sulfide) groups is 1. The van der Waals surface area contributed by atoms with Crippen LogP contribution in [-0.2, 0) is 18.4 Å². The van der Waals surface area contributed by atoms with Gasteiger partial charge in [-0.25, -0.2) is 4.39 Å². The molecule has 0 fully saturated rings. The maximum atomic E-state index is 14.1. The van der Waals surface area contributed by atoms with Crippen molar-refractivity contribution < 1.29 is 14.0 Å². The summed E-state index contributed by atoms with van der Waals surface area (Å²) in [6, 6.07) is 21.1. The maximum Gasteiger partial charge on any atom is 0.253 e. The molecule has 0 saturated carbocycles. The second-order valence-electron chi connectivity index (χ2n) is 7.90. The van der Waals surface area contributed by atoms with Crippen LogP contribution in [0.25, 0.3) is 11.4 Å². The molecule has 0 spiro atoms. The van der Waals surface area contributed by atoms with Gasteiger partial charge in [-0.2, -0.15) is 0 Å². The van der Waals surface area contributed by atoms with Gasteiger partial charge in [-0.1, -0.05) is 65.9 Å². The number of rotatable bonds is 8. The Morgan fingerprint density at radius 2 is 1.69 bits per heavy atom. The molecule has 2 amide bonds. The molecule has 178 valence electrons. The van der Waals surface area contributed by atoms with Crippen molar-refractivity contribution >= 4 is 29.3 Å². The lowest BCUT2D eigenvalue weighted by Gasteiger charge is -2.12. The topological polar surface area (TPSA) is 88.9 Å². The molecule has 0 aliphatic heterocycles. The fourth-order valence-electron chi connectivity index (χ4n) is 3.41. The minimum Gasteiger partial charge on any atom is -0.348 e. The van der Waals surface area contributed by atoms with Crippen molar-refractivity contribution in [1.29, 1.82) is 0 Å². The van der Waals surface area contributed by atoms with E-state index in [-0.39, 0.29) is 17.6 Å². The van der Waals surface area contributed by atoms with E-state index in [4.69, 9.17) is 0 Å². The number of hydrogen-bond acceptors (Lipinski definition) is 5. The molecule has 0 aliphatic carbocycles. The standard InChI is InChI=1S/C26H24FN5O2S/c1-17-11-13-18(14-12-17)15-28-25(34)20-8-4-6-10-22(20)29-23(33)16-35-26-31-30-24(32(26)2)19-7-3-5-9-21(19)27/h3-14H,15-16H2,1-2H3,(H,28,34)(H,29,33). The average molecular weight is 490 g/mol. The second-order valence-corrected chi connectivity index (χ2v) is 8.84. The number of anilines is 1. The molecule has 0 saturated heterocycles. The van der Waals surface area contributed by atoms with Crippen LogP contribution >= 0.6 is 11.8 Å². The van der Waals surface area contributed by atoms with Gasteiger partial charge in [0.15, 0.2) is 11.0 Å². The fourth-order valence-corrected chi connectivity index (χ4v) is 4.12. The number of benzene rings is 3. The Hall–Kier alpha value is -3.98. The summed E-state index contributed by atoms with van der Waals surface area (Å²) in [5.41, 5.74) is 3.27. The first-order valence-corrected chi connectivity index (χ1v) is 11.9. The minimum absolute atomic E-state index is 0.0442. The van der Waals surface area contributed by atoms with E-state index in [2.05, 4.69) is 20.8 Å². The second kappa shape index (κ2) is 11.0.